The van der Waals surface area contributed by atoms with E-state index in [2.05, 4.69) is 12.2 Å². The first-order valence-corrected chi connectivity index (χ1v) is 8.69. The molecule has 0 spiro atoms. The van der Waals surface area contributed by atoms with E-state index in [1.807, 2.05) is 45.0 Å². The molecule has 132 valence electrons. The summed E-state index contributed by atoms with van der Waals surface area (Å²) < 4.78 is 5.45. The number of hydrogen-bond acceptors (Lipinski definition) is 3. The molecule has 1 fully saturated rings. The molecular weight excluding hydrogens is 304 g/mol. The van der Waals surface area contributed by atoms with E-state index >= 15 is 0 Å². The van der Waals surface area contributed by atoms with Crippen LogP contribution in [-0.2, 0) is 16.0 Å². The Morgan fingerprint density at radius 3 is 2.71 bits per heavy atom. The lowest BCUT2D eigenvalue weighted by Crippen LogP contribution is -2.51. The molecule has 24 heavy (non-hydrogen) atoms. The second kappa shape index (κ2) is 7.69. The van der Waals surface area contributed by atoms with E-state index < -0.39 is 17.7 Å². The van der Waals surface area contributed by atoms with Crippen LogP contribution in [0.25, 0.3) is 0 Å². The molecular formula is C19H28N2O3. The van der Waals surface area contributed by atoms with Gasteiger partial charge in [0.15, 0.2) is 0 Å². The fraction of sp³-hybridized carbons (Fsp3) is 0.579. The number of amides is 2. The second-order valence-electron chi connectivity index (χ2n) is 7.23. The van der Waals surface area contributed by atoms with Crippen molar-refractivity contribution in [3.8, 4) is 0 Å². The number of carbonyl (C=O) groups is 2. The Morgan fingerprint density at radius 2 is 2.04 bits per heavy atom. The number of hydrogen-bond donors (Lipinski definition) is 1. The van der Waals surface area contributed by atoms with Gasteiger partial charge in [-0.3, -0.25) is 9.69 Å². The van der Waals surface area contributed by atoms with Gasteiger partial charge in [0, 0.05) is 12.2 Å². The van der Waals surface area contributed by atoms with Crippen LogP contribution in [0.5, 0.6) is 0 Å². The second-order valence-corrected chi connectivity index (χ2v) is 7.23. The quantitative estimate of drug-likeness (QED) is 0.911. The van der Waals surface area contributed by atoms with Crippen LogP contribution >= 0.6 is 0 Å². The lowest BCUT2D eigenvalue weighted by Gasteiger charge is -2.35. The third-order valence-electron chi connectivity index (χ3n) is 4.04. The molecule has 1 aromatic carbocycles. The Labute approximate surface area is 144 Å². The molecule has 1 N–H and O–H groups in total. The zero-order chi connectivity index (χ0) is 17.7. The van der Waals surface area contributed by atoms with E-state index in [1.165, 1.54) is 5.56 Å². The maximum Gasteiger partial charge on any atom is 0.410 e. The zero-order valence-corrected chi connectivity index (χ0v) is 15.1. The van der Waals surface area contributed by atoms with Crippen molar-refractivity contribution < 1.29 is 14.3 Å². The summed E-state index contributed by atoms with van der Waals surface area (Å²) in [6, 6.07) is 7.33. The van der Waals surface area contributed by atoms with Gasteiger partial charge >= 0.3 is 6.09 Å². The molecule has 1 saturated heterocycles. The molecule has 1 heterocycles. The highest BCUT2D eigenvalue weighted by Crippen LogP contribution is 2.22. The van der Waals surface area contributed by atoms with Crippen LogP contribution in [0.3, 0.4) is 0 Å². The smallest absolute Gasteiger partial charge is 0.410 e. The van der Waals surface area contributed by atoms with Crippen molar-refractivity contribution in [1.29, 1.82) is 0 Å². The maximum atomic E-state index is 12.7. The zero-order valence-electron chi connectivity index (χ0n) is 15.1. The molecule has 0 aliphatic carbocycles. The molecule has 5 nitrogen and oxygen atoms in total. The van der Waals surface area contributed by atoms with Crippen molar-refractivity contribution in [2.45, 2.75) is 65.0 Å². The van der Waals surface area contributed by atoms with Gasteiger partial charge in [-0.2, -0.15) is 0 Å². The number of piperidine rings is 1. The highest BCUT2D eigenvalue weighted by atomic mass is 16.6. The predicted molar refractivity (Wildman–Crippen MR) is 95.0 cm³/mol. The Balaban J connectivity index is 2.08. The van der Waals surface area contributed by atoms with Crippen LogP contribution in [0.1, 0.15) is 52.5 Å². The Hall–Kier alpha value is -2.04. The molecule has 5 heteroatoms. The van der Waals surface area contributed by atoms with Crippen molar-refractivity contribution in [1.82, 2.24) is 4.90 Å². The third kappa shape index (κ3) is 4.98. The van der Waals surface area contributed by atoms with E-state index in [9.17, 15) is 9.59 Å². The van der Waals surface area contributed by atoms with Crippen LogP contribution < -0.4 is 5.32 Å². The van der Waals surface area contributed by atoms with E-state index in [-0.39, 0.29) is 5.91 Å². The summed E-state index contributed by atoms with van der Waals surface area (Å²) in [5, 5.41) is 2.95. The summed E-state index contributed by atoms with van der Waals surface area (Å²) in [5.41, 5.74) is 1.37. The van der Waals surface area contributed by atoms with Gasteiger partial charge in [0.25, 0.3) is 0 Å². The Morgan fingerprint density at radius 1 is 1.29 bits per heavy atom. The molecule has 0 radical (unpaired) electrons. The molecule has 1 aliphatic heterocycles. The van der Waals surface area contributed by atoms with Gasteiger partial charge in [0.2, 0.25) is 5.91 Å². The molecule has 0 saturated carbocycles. The minimum absolute atomic E-state index is 0.145. The maximum absolute atomic E-state index is 12.7. The molecule has 2 rings (SSSR count). The number of carbonyl (C=O) groups excluding carboxylic acids is 2. The summed E-state index contributed by atoms with van der Waals surface area (Å²) in [6.45, 7) is 8.13. The number of nitrogens with one attached hydrogen (secondary N) is 1. The van der Waals surface area contributed by atoms with Crippen LogP contribution in [0.4, 0.5) is 10.5 Å². The van der Waals surface area contributed by atoms with Gasteiger partial charge in [-0.25, -0.2) is 4.79 Å². The largest absolute Gasteiger partial charge is 0.444 e. The molecule has 1 aromatic rings. The monoisotopic (exact) mass is 332 g/mol. The van der Waals surface area contributed by atoms with E-state index in [0.29, 0.717) is 13.0 Å². The minimum atomic E-state index is -0.564. The summed E-state index contributed by atoms with van der Waals surface area (Å²) in [5.74, 6) is -0.145. The topological polar surface area (TPSA) is 58.6 Å². The molecule has 1 unspecified atom stereocenters. The summed E-state index contributed by atoms with van der Waals surface area (Å²) in [4.78, 5) is 26.7. The average Bonchev–Trinajstić information content (AvgIpc) is 2.53. The van der Waals surface area contributed by atoms with Gasteiger partial charge in [-0.1, -0.05) is 19.1 Å². The first-order chi connectivity index (χ1) is 11.3. The van der Waals surface area contributed by atoms with Crippen molar-refractivity contribution in [3.63, 3.8) is 0 Å². The summed E-state index contributed by atoms with van der Waals surface area (Å²) >= 11 is 0. The van der Waals surface area contributed by atoms with Crippen molar-refractivity contribution in [3.05, 3.63) is 29.8 Å². The fourth-order valence-electron chi connectivity index (χ4n) is 2.84. The number of anilines is 1. The van der Waals surface area contributed by atoms with Crippen molar-refractivity contribution >= 4 is 17.7 Å². The van der Waals surface area contributed by atoms with Crippen LogP contribution in [0.2, 0.25) is 0 Å². The Kier molecular flexibility index (Phi) is 5.86. The third-order valence-corrected chi connectivity index (χ3v) is 4.04. The van der Waals surface area contributed by atoms with Gasteiger partial charge in [-0.15, -0.1) is 0 Å². The van der Waals surface area contributed by atoms with Crippen LogP contribution in [0.15, 0.2) is 24.3 Å². The fourth-order valence-corrected chi connectivity index (χ4v) is 2.84. The van der Waals surface area contributed by atoms with Crippen molar-refractivity contribution in [2.75, 3.05) is 11.9 Å². The first kappa shape index (κ1) is 18.3. The number of benzene rings is 1. The lowest BCUT2D eigenvalue weighted by atomic mass is 10.0. The number of aryl methyl sites for hydroxylation is 1. The predicted octanol–water partition coefficient (Wildman–Crippen LogP) is 3.98. The number of rotatable bonds is 3. The van der Waals surface area contributed by atoms with Gasteiger partial charge in [-0.05, 0) is 64.2 Å². The molecule has 0 bridgehead atoms. The van der Waals surface area contributed by atoms with Gasteiger partial charge < -0.3 is 10.1 Å². The summed E-state index contributed by atoms with van der Waals surface area (Å²) in [6.07, 6.45) is 3.00. The number of nitrogens with zero attached hydrogens (tertiary/aromatic N) is 1. The molecule has 1 aliphatic rings. The number of likely N-dealkylation sites (tertiary alicyclic amines) is 1. The summed E-state index contributed by atoms with van der Waals surface area (Å²) in [7, 11) is 0. The van der Waals surface area contributed by atoms with Gasteiger partial charge in [0.1, 0.15) is 11.6 Å². The number of ether oxygens (including phenoxy) is 1. The highest BCUT2D eigenvalue weighted by molar-refractivity contribution is 5.96. The SMILES string of the molecule is CCc1cccc(NC(=O)C2CCCCN2C(=O)OC(C)(C)C)c1. The molecule has 0 aromatic heterocycles. The van der Waals surface area contributed by atoms with Gasteiger partial charge in [0.05, 0.1) is 0 Å². The Bertz CT molecular complexity index is 593. The van der Waals surface area contributed by atoms with E-state index in [1.54, 1.807) is 4.90 Å². The minimum Gasteiger partial charge on any atom is -0.444 e. The van der Waals surface area contributed by atoms with E-state index in [0.717, 1.165) is 24.9 Å². The van der Waals surface area contributed by atoms with Crippen LogP contribution in [0, 0.1) is 0 Å². The normalized spacial score (nSPS) is 18.2. The van der Waals surface area contributed by atoms with E-state index in [4.69, 9.17) is 4.74 Å². The van der Waals surface area contributed by atoms with Crippen molar-refractivity contribution in [2.24, 2.45) is 0 Å². The lowest BCUT2D eigenvalue weighted by molar-refractivity contribution is -0.122. The standard InChI is InChI=1S/C19H28N2O3/c1-5-14-9-8-10-15(13-14)20-17(22)16-11-6-7-12-21(16)18(23)24-19(2,3)4/h8-10,13,16H,5-7,11-12H2,1-4H3,(H,20,22). The first-order valence-electron chi connectivity index (χ1n) is 8.69. The molecule has 2 amide bonds. The molecule has 1 atom stereocenters. The van der Waals surface area contributed by atoms with Crippen LogP contribution in [-0.4, -0.2) is 35.1 Å². The highest BCUT2D eigenvalue weighted by Gasteiger charge is 2.34. The average molecular weight is 332 g/mol.